The molecule has 1 saturated heterocycles. The smallest absolute Gasteiger partial charge is 0.142 e. The Kier molecular flexibility index (Phi) is 2.84. The number of nitriles is 1. The number of pyridine rings is 1. The van der Waals surface area contributed by atoms with Gasteiger partial charge in [-0.05, 0) is 31.0 Å². The van der Waals surface area contributed by atoms with E-state index in [0.717, 1.165) is 31.9 Å². The first-order valence-electron chi connectivity index (χ1n) is 5.15. The molecule has 2 heterocycles. The van der Waals surface area contributed by atoms with E-state index in [-0.39, 0.29) is 0 Å². The Hall–Kier alpha value is -1.60. The fraction of sp³-hybridized carbons (Fsp3) is 0.455. The maximum atomic E-state index is 8.75. The first-order valence-corrected chi connectivity index (χ1v) is 5.15. The van der Waals surface area contributed by atoms with Crippen molar-refractivity contribution < 1.29 is 0 Å². The molecule has 1 unspecified atom stereocenters. The maximum absolute atomic E-state index is 8.75. The zero-order valence-corrected chi connectivity index (χ0v) is 8.56. The van der Waals surface area contributed by atoms with Crippen molar-refractivity contribution in [2.45, 2.75) is 6.42 Å². The third-order valence-corrected chi connectivity index (χ3v) is 2.79. The molecule has 1 aliphatic rings. The second-order valence-electron chi connectivity index (χ2n) is 3.83. The molecular weight excluding hydrogens is 188 g/mol. The van der Waals surface area contributed by atoms with E-state index in [0.29, 0.717) is 11.6 Å². The molecule has 0 aliphatic carbocycles. The van der Waals surface area contributed by atoms with Crippen molar-refractivity contribution in [2.75, 3.05) is 24.5 Å². The fourth-order valence-electron chi connectivity index (χ4n) is 1.89. The van der Waals surface area contributed by atoms with E-state index in [2.05, 4.69) is 16.0 Å². The Balaban J connectivity index is 2.14. The SMILES string of the molecule is N#Cc1cccc(N2CCC(CN)C2)n1. The summed E-state index contributed by atoms with van der Waals surface area (Å²) in [7, 11) is 0. The lowest BCUT2D eigenvalue weighted by Crippen LogP contribution is -2.23. The molecule has 0 spiro atoms. The first kappa shape index (κ1) is 9.94. The third-order valence-electron chi connectivity index (χ3n) is 2.79. The topological polar surface area (TPSA) is 65.9 Å². The van der Waals surface area contributed by atoms with Crippen LogP contribution in [0, 0.1) is 17.2 Å². The second-order valence-corrected chi connectivity index (χ2v) is 3.83. The second kappa shape index (κ2) is 4.28. The summed E-state index contributed by atoms with van der Waals surface area (Å²) >= 11 is 0. The minimum atomic E-state index is 0.476. The summed E-state index contributed by atoms with van der Waals surface area (Å²) < 4.78 is 0. The molecule has 1 aromatic heterocycles. The summed E-state index contributed by atoms with van der Waals surface area (Å²) in [6.45, 7) is 2.68. The molecule has 4 nitrogen and oxygen atoms in total. The molecule has 4 heteroatoms. The van der Waals surface area contributed by atoms with Gasteiger partial charge >= 0.3 is 0 Å². The van der Waals surface area contributed by atoms with Crippen molar-refractivity contribution >= 4 is 5.82 Å². The molecule has 0 aromatic carbocycles. The Morgan fingerprint density at radius 3 is 3.13 bits per heavy atom. The standard InChI is InChI=1S/C11H14N4/c12-6-9-4-5-15(8-9)11-3-1-2-10(7-13)14-11/h1-3,9H,4-6,8,12H2. The summed E-state index contributed by atoms with van der Waals surface area (Å²) in [4.78, 5) is 6.46. The van der Waals surface area contributed by atoms with Crippen LogP contribution in [0.3, 0.4) is 0 Å². The minimum Gasteiger partial charge on any atom is -0.356 e. The van der Waals surface area contributed by atoms with E-state index >= 15 is 0 Å². The highest BCUT2D eigenvalue weighted by molar-refractivity contribution is 5.42. The number of hydrogen-bond donors (Lipinski definition) is 1. The van der Waals surface area contributed by atoms with Crippen molar-refractivity contribution in [3.63, 3.8) is 0 Å². The highest BCUT2D eigenvalue weighted by Gasteiger charge is 2.22. The highest BCUT2D eigenvalue weighted by Crippen LogP contribution is 2.21. The molecule has 1 fully saturated rings. The van der Waals surface area contributed by atoms with Gasteiger partial charge in [-0.1, -0.05) is 6.07 Å². The van der Waals surface area contributed by atoms with Crippen LogP contribution in [0.15, 0.2) is 18.2 Å². The first-order chi connectivity index (χ1) is 7.33. The molecule has 1 aliphatic heterocycles. The zero-order valence-electron chi connectivity index (χ0n) is 8.56. The van der Waals surface area contributed by atoms with Crippen molar-refractivity contribution in [1.29, 1.82) is 5.26 Å². The zero-order chi connectivity index (χ0) is 10.7. The number of aromatic nitrogens is 1. The van der Waals surface area contributed by atoms with Gasteiger partial charge < -0.3 is 10.6 Å². The third kappa shape index (κ3) is 2.08. The van der Waals surface area contributed by atoms with Gasteiger partial charge in [0, 0.05) is 13.1 Å². The van der Waals surface area contributed by atoms with Crippen molar-refractivity contribution in [3.05, 3.63) is 23.9 Å². The molecule has 0 radical (unpaired) electrons. The van der Waals surface area contributed by atoms with Gasteiger partial charge in [-0.15, -0.1) is 0 Å². The van der Waals surface area contributed by atoms with Gasteiger partial charge in [0.2, 0.25) is 0 Å². The van der Waals surface area contributed by atoms with Gasteiger partial charge in [-0.25, -0.2) is 4.98 Å². The van der Waals surface area contributed by atoms with Gasteiger partial charge in [0.25, 0.3) is 0 Å². The van der Waals surface area contributed by atoms with E-state index in [1.165, 1.54) is 0 Å². The number of nitrogens with zero attached hydrogens (tertiary/aromatic N) is 3. The maximum Gasteiger partial charge on any atom is 0.142 e. The monoisotopic (exact) mass is 202 g/mol. The van der Waals surface area contributed by atoms with Crippen molar-refractivity contribution in [3.8, 4) is 6.07 Å². The fourth-order valence-corrected chi connectivity index (χ4v) is 1.89. The van der Waals surface area contributed by atoms with Gasteiger partial charge in [0.05, 0.1) is 0 Å². The van der Waals surface area contributed by atoms with Crippen LogP contribution >= 0.6 is 0 Å². The van der Waals surface area contributed by atoms with Gasteiger partial charge in [-0.2, -0.15) is 5.26 Å². The van der Waals surface area contributed by atoms with Crippen LogP contribution in [0.1, 0.15) is 12.1 Å². The molecule has 0 bridgehead atoms. The summed E-state index contributed by atoms with van der Waals surface area (Å²) in [5.41, 5.74) is 6.11. The summed E-state index contributed by atoms with van der Waals surface area (Å²) in [5.74, 6) is 1.46. The average molecular weight is 202 g/mol. The predicted molar refractivity (Wildman–Crippen MR) is 58.3 cm³/mol. The van der Waals surface area contributed by atoms with Crippen LogP contribution in [0.25, 0.3) is 0 Å². The van der Waals surface area contributed by atoms with Crippen LogP contribution in [-0.4, -0.2) is 24.6 Å². The Morgan fingerprint density at radius 1 is 1.60 bits per heavy atom. The summed E-state index contributed by atoms with van der Waals surface area (Å²) in [5, 5.41) is 8.75. The van der Waals surface area contributed by atoms with Crippen LogP contribution in [0.5, 0.6) is 0 Å². The van der Waals surface area contributed by atoms with Crippen LogP contribution < -0.4 is 10.6 Å². The van der Waals surface area contributed by atoms with Gasteiger partial charge in [0.1, 0.15) is 17.6 Å². The number of anilines is 1. The molecule has 2 N–H and O–H groups in total. The highest BCUT2D eigenvalue weighted by atomic mass is 15.2. The molecule has 1 aromatic rings. The molecule has 0 saturated carbocycles. The largest absolute Gasteiger partial charge is 0.356 e. The van der Waals surface area contributed by atoms with Gasteiger partial charge in [0.15, 0.2) is 0 Å². The van der Waals surface area contributed by atoms with E-state index in [4.69, 9.17) is 11.0 Å². The summed E-state index contributed by atoms with van der Waals surface area (Å²) in [6, 6.07) is 7.59. The van der Waals surface area contributed by atoms with Crippen LogP contribution in [-0.2, 0) is 0 Å². The normalized spacial score (nSPS) is 20.3. The summed E-state index contributed by atoms with van der Waals surface area (Å²) in [6.07, 6.45) is 1.12. The lowest BCUT2D eigenvalue weighted by molar-refractivity contribution is 0.602. The Morgan fingerprint density at radius 2 is 2.47 bits per heavy atom. The Bertz CT molecular complexity index is 382. The van der Waals surface area contributed by atoms with Crippen LogP contribution in [0.4, 0.5) is 5.82 Å². The van der Waals surface area contributed by atoms with E-state index in [1.807, 2.05) is 12.1 Å². The number of nitrogens with two attached hydrogens (primary N) is 1. The van der Waals surface area contributed by atoms with Crippen LogP contribution in [0.2, 0.25) is 0 Å². The average Bonchev–Trinajstić information content (AvgIpc) is 2.78. The molecular formula is C11H14N4. The van der Waals surface area contributed by atoms with E-state index in [1.54, 1.807) is 6.07 Å². The van der Waals surface area contributed by atoms with E-state index < -0.39 is 0 Å². The number of hydrogen-bond acceptors (Lipinski definition) is 4. The molecule has 0 amide bonds. The molecule has 2 rings (SSSR count). The molecule has 78 valence electrons. The Labute approximate surface area is 89.3 Å². The molecule has 1 atom stereocenters. The predicted octanol–water partition coefficient (Wildman–Crippen LogP) is 0.738. The van der Waals surface area contributed by atoms with Crippen molar-refractivity contribution in [2.24, 2.45) is 11.7 Å². The molecule has 15 heavy (non-hydrogen) atoms. The minimum absolute atomic E-state index is 0.476. The van der Waals surface area contributed by atoms with Gasteiger partial charge in [-0.3, -0.25) is 0 Å². The van der Waals surface area contributed by atoms with E-state index in [9.17, 15) is 0 Å². The lowest BCUT2D eigenvalue weighted by atomic mass is 10.1. The van der Waals surface area contributed by atoms with Crippen molar-refractivity contribution in [1.82, 2.24) is 4.98 Å². The lowest BCUT2D eigenvalue weighted by Gasteiger charge is -2.16. The number of rotatable bonds is 2. The quantitative estimate of drug-likeness (QED) is 0.768.